The molecule has 0 spiro atoms. The minimum absolute atomic E-state index is 0.370. The maximum absolute atomic E-state index is 4.98. The molecule has 24 heavy (non-hydrogen) atoms. The van der Waals surface area contributed by atoms with Crippen molar-refractivity contribution < 1.29 is 4.52 Å². The van der Waals surface area contributed by atoms with Gasteiger partial charge in [-0.2, -0.15) is 4.98 Å². The summed E-state index contributed by atoms with van der Waals surface area (Å²) in [5.74, 6) is 1.95. The second-order valence-corrected chi connectivity index (χ2v) is 5.84. The Balaban J connectivity index is 1.57. The van der Waals surface area contributed by atoms with Crippen LogP contribution in [-0.2, 0) is 6.54 Å². The number of aromatic nitrogens is 2. The van der Waals surface area contributed by atoms with Crippen molar-refractivity contribution in [2.24, 2.45) is 4.99 Å². The predicted molar refractivity (Wildman–Crippen MR) is 94.0 cm³/mol. The first-order valence-corrected chi connectivity index (χ1v) is 8.38. The quantitative estimate of drug-likeness (QED) is 0.643. The van der Waals surface area contributed by atoms with Gasteiger partial charge in [-0.3, -0.25) is 0 Å². The van der Waals surface area contributed by atoms with Crippen LogP contribution in [0.25, 0.3) is 0 Å². The minimum Gasteiger partial charge on any atom is -0.369 e. The van der Waals surface area contributed by atoms with Crippen LogP contribution in [0.2, 0.25) is 0 Å². The minimum atomic E-state index is 0.370. The van der Waals surface area contributed by atoms with E-state index in [4.69, 9.17) is 4.52 Å². The summed E-state index contributed by atoms with van der Waals surface area (Å²) in [5, 5.41) is 10.7. The van der Waals surface area contributed by atoms with Crippen molar-refractivity contribution in [1.82, 2.24) is 20.8 Å². The van der Waals surface area contributed by atoms with E-state index in [2.05, 4.69) is 61.9 Å². The highest BCUT2D eigenvalue weighted by Gasteiger charge is 2.23. The molecule has 2 N–H and O–H groups in total. The molecular formula is C17H24N6O. The van der Waals surface area contributed by atoms with Gasteiger partial charge in [0.05, 0.1) is 0 Å². The summed E-state index contributed by atoms with van der Waals surface area (Å²) in [6.45, 7) is 7.07. The standard InChI is InChI=1S/C17H24N6O/c1-3-18-17(19-11-16-20-13(2)24-22-16)21-14-9-10-23(12-14)15-7-5-4-6-8-15/h4-8,14H,3,9-12H2,1-2H3,(H2,18,19,21). The second kappa shape index (κ2) is 7.81. The number of guanidine groups is 1. The maximum Gasteiger partial charge on any atom is 0.223 e. The van der Waals surface area contributed by atoms with E-state index < -0.39 is 0 Å². The third-order valence-corrected chi connectivity index (χ3v) is 3.94. The van der Waals surface area contributed by atoms with E-state index >= 15 is 0 Å². The molecule has 0 bridgehead atoms. The van der Waals surface area contributed by atoms with Gasteiger partial charge in [-0.25, -0.2) is 4.99 Å². The molecule has 0 aliphatic carbocycles. The van der Waals surface area contributed by atoms with Crippen LogP contribution >= 0.6 is 0 Å². The summed E-state index contributed by atoms with van der Waals surface area (Å²) in [6.07, 6.45) is 1.08. The topological polar surface area (TPSA) is 78.6 Å². The van der Waals surface area contributed by atoms with Crippen molar-refractivity contribution in [3.05, 3.63) is 42.0 Å². The molecule has 1 saturated heterocycles. The van der Waals surface area contributed by atoms with Crippen LogP contribution in [0.3, 0.4) is 0 Å². The fourth-order valence-electron chi connectivity index (χ4n) is 2.82. The van der Waals surface area contributed by atoms with Crippen LogP contribution in [0.1, 0.15) is 25.1 Å². The number of aryl methyl sites for hydroxylation is 1. The summed E-state index contributed by atoms with van der Waals surface area (Å²) in [6, 6.07) is 10.9. The van der Waals surface area contributed by atoms with Gasteiger partial charge in [0.15, 0.2) is 11.8 Å². The highest BCUT2D eigenvalue weighted by molar-refractivity contribution is 5.80. The molecule has 0 saturated carbocycles. The highest BCUT2D eigenvalue weighted by atomic mass is 16.5. The Morgan fingerprint density at radius 3 is 2.92 bits per heavy atom. The van der Waals surface area contributed by atoms with Crippen molar-refractivity contribution in [1.29, 1.82) is 0 Å². The van der Waals surface area contributed by atoms with Gasteiger partial charge in [-0.05, 0) is 25.5 Å². The van der Waals surface area contributed by atoms with E-state index in [0.717, 1.165) is 32.0 Å². The highest BCUT2D eigenvalue weighted by Crippen LogP contribution is 2.19. The van der Waals surface area contributed by atoms with Gasteiger partial charge < -0.3 is 20.1 Å². The molecule has 7 nitrogen and oxygen atoms in total. The zero-order valence-electron chi connectivity index (χ0n) is 14.2. The number of anilines is 1. The van der Waals surface area contributed by atoms with E-state index in [1.165, 1.54) is 5.69 Å². The van der Waals surface area contributed by atoms with Crippen molar-refractivity contribution in [3.63, 3.8) is 0 Å². The molecule has 1 aliphatic heterocycles. The summed E-state index contributed by atoms with van der Waals surface area (Å²) in [5.41, 5.74) is 1.27. The number of para-hydroxylation sites is 1. The van der Waals surface area contributed by atoms with E-state index in [0.29, 0.717) is 24.3 Å². The van der Waals surface area contributed by atoms with Crippen LogP contribution in [0.5, 0.6) is 0 Å². The van der Waals surface area contributed by atoms with Gasteiger partial charge in [0.2, 0.25) is 5.89 Å². The van der Waals surface area contributed by atoms with E-state index in [1.54, 1.807) is 6.92 Å². The number of nitrogens with zero attached hydrogens (tertiary/aromatic N) is 4. The molecule has 0 amide bonds. The second-order valence-electron chi connectivity index (χ2n) is 5.84. The average molecular weight is 328 g/mol. The summed E-state index contributed by atoms with van der Waals surface area (Å²) < 4.78 is 4.98. The lowest BCUT2D eigenvalue weighted by Crippen LogP contribution is -2.44. The van der Waals surface area contributed by atoms with Crippen molar-refractivity contribution in [3.8, 4) is 0 Å². The largest absolute Gasteiger partial charge is 0.369 e. The fraction of sp³-hybridized carbons (Fsp3) is 0.471. The normalized spacial score (nSPS) is 18.0. The zero-order valence-corrected chi connectivity index (χ0v) is 14.2. The molecule has 1 aromatic carbocycles. The fourth-order valence-corrected chi connectivity index (χ4v) is 2.82. The Hall–Kier alpha value is -2.57. The van der Waals surface area contributed by atoms with Gasteiger partial charge in [-0.1, -0.05) is 23.4 Å². The van der Waals surface area contributed by atoms with E-state index in [9.17, 15) is 0 Å². The van der Waals surface area contributed by atoms with Gasteiger partial charge >= 0.3 is 0 Å². The van der Waals surface area contributed by atoms with Gasteiger partial charge in [0.25, 0.3) is 0 Å². The number of benzene rings is 1. The smallest absolute Gasteiger partial charge is 0.223 e. The SMILES string of the molecule is CCNC(=NCc1noc(C)n1)NC1CCN(c2ccccc2)C1. The predicted octanol–water partition coefficient (Wildman–Crippen LogP) is 1.71. The molecule has 128 valence electrons. The monoisotopic (exact) mass is 328 g/mol. The summed E-state index contributed by atoms with van der Waals surface area (Å²) >= 11 is 0. The van der Waals surface area contributed by atoms with Crippen LogP contribution < -0.4 is 15.5 Å². The van der Waals surface area contributed by atoms with Crippen LogP contribution in [0.15, 0.2) is 39.8 Å². The third-order valence-electron chi connectivity index (χ3n) is 3.94. The van der Waals surface area contributed by atoms with Crippen LogP contribution in [0, 0.1) is 6.92 Å². The Morgan fingerprint density at radius 2 is 2.21 bits per heavy atom. The molecule has 2 aromatic rings. The number of hydrogen-bond donors (Lipinski definition) is 2. The van der Waals surface area contributed by atoms with Gasteiger partial charge in [-0.15, -0.1) is 0 Å². The van der Waals surface area contributed by atoms with E-state index in [-0.39, 0.29) is 0 Å². The number of hydrogen-bond acceptors (Lipinski definition) is 5. The molecule has 1 unspecified atom stereocenters. The van der Waals surface area contributed by atoms with Gasteiger partial charge in [0, 0.05) is 38.3 Å². The molecule has 2 heterocycles. The summed E-state index contributed by atoms with van der Waals surface area (Å²) in [4.78, 5) is 11.1. The Bertz CT molecular complexity index is 669. The molecule has 1 aromatic heterocycles. The summed E-state index contributed by atoms with van der Waals surface area (Å²) in [7, 11) is 0. The molecule has 0 radical (unpaired) electrons. The molecular weight excluding hydrogens is 304 g/mol. The van der Waals surface area contributed by atoms with Crippen LogP contribution in [0.4, 0.5) is 5.69 Å². The number of nitrogens with one attached hydrogen (secondary N) is 2. The zero-order chi connectivity index (χ0) is 16.8. The lowest BCUT2D eigenvalue weighted by Gasteiger charge is -2.20. The van der Waals surface area contributed by atoms with Crippen molar-refractivity contribution >= 4 is 11.6 Å². The molecule has 7 heteroatoms. The molecule has 1 aliphatic rings. The van der Waals surface area contributed by atoms with Crippen molar-refractivity contribution in [2.75, 3.05) is 24.5 Å². The maximum atomic E-state index is 4.98. The first-order valence-electron chi connectivity index (χ1n) is 8.38. The molecule has 1 atom stereocenters. The first-order chi connectivity index (χ1) is 11.7. The Morgan fingerprint density at radius 1 is 1.38 bits per heavy atom. The average Bonchev–Trinajstić information content (AvgIpc) is 3.23. The van der Waals surface area contributed by atoms with Gasteiger partial charge in [0.1, 0.15) is 6.54 Å². The van der Waals surface area contributed by atoms with Crippen molar-refractivity contribution in [2.45, 2.75) is 32.9 Å². The Kier molecular flexibility index (Phi) is 5.30. The lowest BCUT2D eigenvalue weighted by molar-refractivity contribution is 0.387. The number of rotatable bonds is 5. The molecule has 3 rings (SSSR count). The molecule has 1 fully saturated rings. The van der Waals surface area contributed by atoms with E-state index in [1.807, 2.05) is 6.07 Å². The Labute approximate surface area is 142 Å². The van der Waals surface area contributed by atoms with Crippen LogP contribution in [-0.4, -0.2) is 41.8 Å². The third kappa shape index (κ3) is 4.24. The first kappa shape index (κ1) is 16.3. The number of aliphatic imine (C=N–C) groups is 1. The lowest BCUT2D eigenvalue weighted by atomic mass is 10.3.